The first-order valence-electron chi connectivity index (χ1n) is 9.79. The zero-order valence-electron chi connectivity index (χ0n) is 17.4. The Morgan fingerprint density at radius 1 is 1.19 bits per heavy atom. The molecule has 5 nitrogen and oxygen atoms in total. The number of carboxylic acid groups (broad SMARTS) is 1. The first-order chi connectivity index (χ1) is 15.0. The van der Waals surface area contributed by atoms with E-state index in [4.69, 9.17) is 0 Å². The van der Waals surface area contributed by atoms with Crippen LogP contribution in [0.4, 0.5) is 0 Å². The van der Waals surface area contributed by atoms with E-state index in [2.05, 4.69) is 10.3 Å². The minimum atomic E-state index is -1.02. The summed E-state index contributed by atoms with van der Waals surface area (Å²) in [5, 5.41) is 12.2. The summed E-state index contributed by atoms with van der Waals surface area (Å²) >= 11 is 3.10. The van der Waals surface area contributed by atoms with Crippen LogP contribution in [-0.4, -0.2) is 58.9 Å². The maximum absolute atomic E-state index is 13.1. The van der Waals surface area contributed by atoms with Crippen molar-refractivity contribution in [3.8, 4) is 11.1 Å². The number of hydrogen-bond acceptors (Lipinski definition) is 5. The number of nitrogens with zero attached hydrogens (tertiary/aromatic N) is 1. The van der Waals surface area contributed by atoms with Crippen LogP contribution in [0.15, 0.2) is 54.2 Å². The standard InChI is InChI=1S/C24H24N2O3S2.Li.H/c1-16-5-3-4-6-19(16)21-13-17(7-9-18-14-25-15-31-18)8-10-20(21)23(27)26-22(24(28)29)11-12-30-2;;/h3-10,13-15,22H,11-12H2,1-2H3,(H,26,27)(H,28,29);;. The summed E-state index contributed by atoms with van der Waals surface area (Å²) in [6.45, 7) is 2.00. The molecule has 1 amide bonds. The molecule has 2 aromatic carbocycles. The number of amides is 1. The average molecular weight is 461 g/mol. The van der Waals surface area contributed by atoms with Crippen LogP contribution >= 0.6 is 23.1 Å². The second-order valence-corrected chi connectivity index (χ2v) is 8.91. The van der Waals surface area contributed by atoms with Gasteiger partial charge in [-0.3, -0.25) is 9.78 Å². The molecular weight excluding hydrogens is 435 g/mol. The van der Waals surface area contributed by atoms with Crippen molar-refractivity contribution >= 4 is 66.0 Å². The van der Waals surface area contributed by atoms with Gasteiger partial charge in [-0.1, -0.05) is 36.4 Å². The van der Waals surface area contributed by atoms with Crippen molar-refractivity contribution in [2.75, 3.05) is 12.0 Å². The molecule has 3 aromatic rings. The number of thioether (sulfide) groups is 1. The third-order valence-corrected chi connectivity index (χ3v) is 6.21. The second-order valence-electron chi connectivity index (χ2n) is 7.00. The van der Waals surface area contributed by atoms with E-state index in [9.17, 15) is 14.7 Å². The summed E-state index contributed by atoms with van der Waals surface area (Å²) < 4.78 is 0. The Balaban J connectivity index is 0.00000363. The van der Waals surface area contributed by atoms with Crippen molar-refractivity contribution in [2.45, 2.75) is 19.4 Å². The molecule has 0 saturated heterocycles. The fourth-order valence-corrected chi connectivity index (χ4v) is 4.16. The van der Waals surface area contributed by atoms with Gasteiger partial charge in [0, 0.05) is 16.6 Å². The normalized spacial score (nSPS) is 11.7. The molecule has 1 atom stereocenters. The average Bonchev–Trinajstić information content (AvgIpc) is 3.29. The molecule has 3 rings (SSSR count). The van der Waals surface area contributed by atoms with Crippen molar-refractivity contribution < 1.29 is 14.7 Å². The van der Waals surface area contributed by atoms with E-state index in [0.717, 1.165) is 27.1 Å². The number of aliphatic carboxylic acids is 1. The Kier molecular flexibility index (Phi) is 10.3. The minimum absolute atomic E-state index is 0. The molecule has 0 fully saturated rings. The predicted molar refractivity (Wildman–Crippen MR) is 137 cm³/mol. The summed E-state index contributed by atoms with van der Waals surface area (Å²) in [7, 11) is 0. The van der Waals surface area contributed by atoms with Crippen LogP contribution in [0, 0.1) is 6.92 Å². The van der Waals surface area contributed by atoms with Gasteiger partial charge < -0.3 is 10.4 Å². The van der Waals surface area contributed by atoms with Crippen LogP contribution in [0.2, 0.25) is 0 Å². The van der Waals surface area contributed by atoms with Gasteiger partial charge in [-0.25, -0.2) is 4.79 Å². The molecule has 0 aliphatic rings. The van der Waals surface area contributed by atoms with Crippen LogP contribution in [0.5, 0.6) is 0 Å². The van der Waals surface area contributed by atoms with Crippen LogP contribution in [0.25, 0.3) is 23.3 Å². The number of aryl methyl sites for hydroxylation is 1. The molecule has 0 radical (unpaired) electrons. The van der Waals surface area contributed by atoms with E-state index >= 15 is 0 Å². The van der Waals surface area contributed by atoms with Crippen LogP contribution in [-0.2, 0) is 4.79 Å². The molecule has 1 heterocycles. The first kappa shape index (κ1) is 26.0. The van der Waals surface area contributed by atoms with Gasteiger partial charge in [0.25, 0.3) is 5.91 Å². The molecule has 0 bridgehead atoms. The molecule has 0 saturated carbocycles. The number of aromatic nitrogens is 1. The Morgan fingerprint density at radius 2 is 1.97 bits per heavy atom. The quantitative estimate of drug-likeness (QED) is 0.457. The number of nitrogens with one attached hydrogen (secondary N) is 1. The first-order valence-corrected chi connectivity index (χ1v) is 12.1. The summed E-state index contributed by atoms with van der Waals surface area (Å²) in [5.41, 5.74) is 5.94. The van der Waals surface area contributed by atoms with E-state index in [0.29, 0.717) is 17.7 Å². The molecule has 1 unspecified atom stereocenters. The van der Waals surface area contributed by atoms with E-state index in [1.54, 1.807) is 40.9 Å². The molecule has 32 heavy (non-hydrogen) atoms. The van der Waals surface area contributed by atoms with Crippen LogP contribution in [0.1, 0.15) is 32.8 Å². The van der Waals surface area contributed by atoms with Gasteiger partial charge in [-0.05, 0) is 65.8 Å². The summed E-state index contributed by atoms with van der Waals surface area (Å²) in [4.78, 5) is 29.8. The molecule has 2 N–H and O–H groups in total. The number of hydrogen-bond donors (Lipinski definition) is 2. The zero-order chi connectivity index (χ0) is 22.2. The molecule has 162 valence electrons. The Bertz CT molecular complexity index is 1080. The van der Waals surface area contributed by atoms with E-state index in [1.165, 1.54) is 0 Å². The molecule has 0 spiro atoms. The Hall–Kier alpha value is -2.30. The maximum atomic E-state index is 13.1. The fourth-order valence-electron chi connectivity index (χ4n) is 3.18. The number of thiazole rings is 1. The molecule has 0 aliphatic carbocycles. The van der Waals surface area contributed by atoms with Crippen molar-refractivity contribution in [1.29, 1.82) is 0 Å². The number of carbonyl (C=O) groups excluding carboxylic acids is 1. The molecular formula is C24H25LiN2O3S2. The Morgan fingerprint density at radius 3 is 2.62 bits per heavy atom. The molecule has 8 heteroatoms. The van der Waals surface area contributed by atoms with E-state index < -0.39 is 12.0 Å². The van der Waals surface area contributed by atoms with Crippen LogP contribution < -0.4 is 5.32 Å². The van der Waals surface area contributed by atoms with Crippen LogP contribution in [0.3, 0.4) is 0 Å². The fraction of sp³-hybridized carbons (Fsp3) is 0.208. The Labute approximate surface area is 208 Å². The van der Waals surface area contributed by atoms with Gasteiger partial charge in [0.2, 0.25) is 0 Å². The number of benzene rings is 2. The third kappa shape index (κ3) is 6.85. The topological polar surface area (TPSA) is 79.3 Å². The molecule has 1 aromatic heterocycles. The second kappa shape index (κ2) is 12.7. The van der Waals surface area contributed by atoms with Crippen molar-refractivity contribution in [1.82, 2.24) is 10.3 Å². The number of carboxylic acids is 1. The van der Waals surface area contributed by atoms with Gasteiger partial charge in [-0.15, -0.1) is 11.3 Å². The summed E-state index contributed by atoms with van der Waals surface area (Å²) in [6, 6.07) is 12.5. The molecule has 0 aliphatic heterocycles. The van der Waals surface area contributed by atoms with E-state index in [-0.39, 0.29) is 24.8 Å². The van der Waals surface area contributed by atoms with Gasteiger partial charge in [0.15, 0.2) is 0 Å². The van der Waals surface area contributed by atoms with Gasteiger partial charge in [0.05, 0.1) is 5.51 Å². The monoisotopic (exact) mass is 460 g/mol. The van der Waals surface area contributed by atoms with Gasteiger partial charge in [0.1, 0.15) is 6.04 Å². The van der Waals surface area contributed by atoms with Gasteiger partial charge >= 0.3 is 24.8 Å². The van der Waals surface area contributed by atoms with Crippen molar-refractivity contribution in [3.05, 3.63) is 75.7 Å². The van der Waals surface area contributed by atoms with Crippen molar-refractivity contribution in [2.24, 2.45) is 0 Å². The SMILES string of the molecule is CSCCC(NC(=O)c1ccc(C=Cc2cncs2)cc1-c1ccccc1C)C(=O)O.[LiH]. The van der Waals surface area contributed by atoms with Gasteiger partial charge in [-0.2, -0.15) is 11.8 Å². The summed E-state index contributed by atoms with van der Waals surface area (Å²) in [5.74, 6) is -0.753. The van der Waals surface area contributed by atoms with Crippen molar-refractivity contribution in [3.63, 3.8) is 0 Å². The predicted octanol–water partition coefficient (Wildman–Crippen LogP) is 4.58. The summed E-state index contributed by atoms with van der Waals surface area (Å²) in [6.07, 6.45) is 8.05. The zero-order valence-corrected chi connectivity index (χ0v) is 19.0. The van der Waals surface area contributed by atoms with E-state index in [1.807, 2.05) is 61.7 Å². The number of carbonyl (C=O) groups is 2. The third-order valence-electron chi connectivity index (χ3n) is 4.83. The number of rotatable bonds is 9.